The van der Waals surface area contributed by atoms with Crippen LogP contribution < -0.4 is 10.6 Å². The average Bonchev–Trinajstić information content (AvgIpc) is 2.67. The first-order chi connectivity index (χ1) is 14.1. The van der Waals surface area contributed by atoms with E-state index in [0.717, 1.165) is 11.1 Å². The lowest BCUT2D eigenvalue weighted by atomic mass is 9.87. The molecule has 0 spiro atoms. The standard InChI is InChI=1S/C24H26N4O2/c1-15-7-6-8-18(13-15)22(30)26-20-14-16(2)25-23(27-20)28-21(29)17-9-11-19(12-10-17)24(3,4)5/h6-14H,1-5H3,(H2,25,26,27,28,29,30). The Labute approximate surface area is 176 Å². The number of rotatable bonds is 4. The molecule has 3 aromatic rings. The van der Waals surface area contributed by atoms with Crippen molar-refractivity contribution in [3.8, 4) is 0 Å². The van der Waals surface area contributed by atoms with Gasteiger partial charge in [-0.3, -0.25) is 14.9 Å². The normalized spacial score (nSPS) is 11.1. The third-order valence-corrected chi connectivity index (χ3v) is 4.61. The number of carbonyl (C=O) groups excluding carboxylic acids is 2. The molecule has 6 heteroatoms. The van der Waals surface area contributed by atoms with Crippen molar-refractivity contribution in [2.24, 2.45) is 0 Å². The number of carbonyl (C=O) groups is 2. The van der Waals surface area contributed by atoms with E-state index in [2.05, 4.69) is 41.4 Å². The van der Waals surface area contributed by atoms with Crippen LogP contribution in [0.2, 0.25) is 0 Å². The van der Waals surface area contributed by atoms with Gasteiger partial charge in [0.25, 0.3) is 11.8 Å². The Morgan fingerprint density at radius 2 is 1.47 bits per heavy atom. The van der Waals surface area contributed by atoms with Gasteiger partial charge in [-0.1, -0.05) is 50.6 Å². The van der Waals surface area contributed by atoms with E-state index in [1.165, 1.54) is 0 Å². The summed E-state index contributed by atoms with van der Waals surface area (Å²) in [4.78, 5) is 33.6. The predicted molar refractivity (Wildman–Crippen MR) is 119 cm³/mol. The molecule has 0 fully saturated rings. The van der Waals surface area contributed by atoms with Crippen LogP contribution in [-0.2, 0) is 5.41 Å². The number of aromatic nitrogens is 2. The Balaban J connectivity index is 1.75. The largest absolute Gasteiger partial charge is 0.306 e. The molecular weight excluding hydrogens is 376 g/mol. The van der Waals surface area contributed by atoms with Crippen molar-refractivity contribution >= 4 is 23.6 Å². The lowest BCUT2D eigenvalue weighted by molar-refractivity contribution is 0.101. The summed E-state index contributed by atoms with van der Waals surface area (Å²) < 4.78 is 0. The molecule has 0 saturated carbocycles. The van der Waals surface area contributed by atoms with Crippen LogP contribution in [0.4, 0.5) is 11.8 Å². The van der Waals surface area contributed by atoms with E-state index >= 15 is 0 Å². The molecule has 6 nitrogen and oxygen atoms in total. The summed E-state index contributed by atoms with van der Waals surface area (Å²) in [6.45, 7) is 10.1. The van der Waals surface area contributed by atoms with Crippen molar-refractivity contribution in [2.75, 3.05) is 10.6 Å². The van der Waals surface area contributed by atoms with E-state index in [1.807, 2.05) is 31.2 Å². The Morgan fingerprint density at radius 3 is 2.10 bits per heavy atom. The van der Waals surface area contributed by atoms with Gasteiger partial charge in [-0.05, 0) is 49.1 Å². The maximum Gasteiger partial charge on any atom is 0.258 e. The topological polar surface area (TPSA) is 84.0 Å². The number of anilines is 2. The minimum atomic E-state index is -0.308. The van der Waals surface area contributed by atoms with Gasteiger partial charge in [0.05, 0.1) is 0 Å². The fourth-order valence-corrected chi connectivity index (χ4v) is 2.96. The van der Waals surface area contributed by atoms with Gasteiger partial charge in [0, 0.05) is 22.9 Å². The van der Waals surface area contributed by atoms with Crippen molar-refractivity contribution in [1.82, 2.24) is 9.97 Å². The van der Waals surface area contributed by atoms with Gasteiger partial charge < -0.3 is 5.32 Å². The number of benzene rings is 2. The molecule has 0 bridgehead atoms. The number of amides is 2. The summed E-state index contributed by atoms with van der Waals surface area (Å²) in [7, 11) is 0. The summed E-state index contributed by atoms with van der Waals surface area (Å²) in [6.07, 6.45) is 0. The molecule has 2 amide bonds. The van der Waals surface area contributed by atoms with E-state index in [-0.39, 0.29) is 23.2 Å². The minimum Gasteiger partial charge on any atom is -0.306 e. The second-order valence-electron chi connectivity index (χ2n) is 8.32. The smallest absolute Gasteiger partial charge is 0.258 e. The maximum atomic E-state index is 12.6. The van der Waals surface area contributed by atoms with Crippen LogP contribution in [0.15, 0.2) is 54.6 Å². The lowest BCUT2D eigenvalue weighted by Gasteiger charge is -2.19. The van der Waals surface area contributed by atoms with E-state index in [9.17, 15) is 9.59 Å². The number of hydrogen-bond donors (Lipinski definition) is 2. The first-order valence-electron chi connectivity index (χ1n) is 9.77. The summed E-state index contributed by atoms with van der Waals surface area (Å²) in [5, 5.41) is 5.47. The van der Waals surface area contributed by atoms with Crippen LogP contribution in [0.3, 0.4) is 0 Å². The zero-order valence-corrected chi connectivity index (χ0v) is 17.9. The van der Waals surface area contributed by atoms with Gasteiger partial charge in [-0.25, -0.2) is 4.98 Å². The van der Waals surface area contributed by atoms with Gasteiger partial charge in [0.1, 0.15) is 5.82 Å². The highest BCUT2D eigenvalue weighted by Crippen LogP contribution is 2.22. The van der Waals surface area contributed by atoms with Crippen molar-refractivity contribution in [3.63, 3.8) is 0 Å². The number of nitrogens with one attached hydrogen (secondary N) is 2. The highest BCUT2D eigenvalue weighted by molar-refractivity contribution is 6.05. The molecule has 3 rings (SSSR count). The van der Waals surface area contributed by atoms with Gasteiger partial charge in [0.2, 0.25) is 5.95 Å². The molecule has 2 aromatic carbocycles. The van der Waals surface area contributed by atoms with Crippen molar-refractivity contribution in [2.45, 2.75) is 40.0 Å². The SMILES string of the molecule is Cc1cccc(C(=O)Nc2cc(C)nc(NC(=O)c3ccc(C(C)(C)C)cc3)n2)c1. The Morgan fingerprint density at radius 1 is 0.800 bits per heavy atom. The fraction of sp³-hybridized carbons (Fsp3) is 0.250. The summed E-state index contributed by atoms with van der Waals surface area (Å²) >= 11 is 0. The Kier molecular flexibility index (Phi) is 5.96. The predicted octanol–water partition coefficient (Wildman–Crippen LogP) is 4.90. The third-order valence-electron chi connectivity index (χ3n) is 4.61. The molecule has 0 unspecified atom stereocenters. The van der Waals surface area contributed by atoms with Gasteiger partial charge in [-0.2, -0.15) is 4.98 Å². The van der Waals surface area contributed by atoms with Crippen molar-refractivity contribution in [3.05, 3.63) is 82.5 Å². The first kappa shape index (κ1) is 21.2. The molecule has 0 aliphatic heterocycles. The first-order valence-corrected chi connectivity index (χ1v) is 9.77. The van der Waals surface area contributed by atoms with E-state index < -0.39 is 0 Å². The molecule has 0 aliphatic carbocycles. The molecule has 154 valence electrons. The Hall–Kier alpha value is -3.54. The van der Waals surface area contributed by atoms with E-state index in [0.29, 0.717) is 22.6 Å². The molecule has 30 heavy (non-hydrogen) atoms. The van der Waals surface area contributed by atoms with E-state index in [1.54, 1.807) is 37.3 Å². The summed E-state index contributed by atoms with van der Waals surface area (Å²) in [5.41, 5.74) is 3.83. The van der Waals surface area contributed by atoms with Crippen LogP contribution in [0, 0.1) is 13.8 Å². The highest BCUT2D eigenvalue weighted by Gasteiger charge is 2.15. The maximum absolute atomic E-state index is 12.6. The van der Waals surface area contributed by atoms with Crippen LogP contribution >= 0.6 is 0 Å². The van der Waals surface area contributed by atoms with Crippen molar-refractivity contribution < 1.29 is 9.59 Å². The second kappa shape index (κ2) is 8.45. The molecule has 1 aromatic heterocycles. The second-order valence-corrected chi connectivity index (χ2v) is 8.32. The zero-order chi connectivity index (χ0) is 21.9. The van der Waals surface area contributed by atoms with Crippen LogP contribution in [0.5, 0.6) is 0 Å². The van der Waals surface area contributed by atoms with Gasteiger partial charge >= 0.3 is 0 Å². The molecular formula is C24H26N4O2. The average molecular weight is 402 g/mol. The monoisotopic (exact) mass is 402 g/mol. The van der Waals surface area contributed by atoms with Crippen LogP contribution in [-0.4, -0.2) is 21.8 Å². The zero-order valence-electron chi connectivity index (χ0n) is 17.9. The fourth-order valence-electron chi connectivity index (χ4n) is 2.96. The quantitative estimate of drug-likeness (QED) is 0.650. The van der Waals surface area contributed by atoms with Crippen LogP contribution in [0.25, 0.3) is 0 Å². The molecule has 2 N–H and O–H groups in total. The molecule has 0 atom stereocenters. The molecule has 0 radical (unpaired) electrons. The van der Waals surface area contributed by atoms with Crippen molar-refractivity contribution in [1.29, 1.82) is 0 Å². The van der Waals surface area contributed by atoms with E-state index in [4.69, 9.17) is 0 Å². The number of nitrogens with zero attached hydrogens (tertiary/aromatic N) is 2. The highest BCUT2D eigenvalue weighted by atomic mass is 16.2. The summed E-state index contributed by atoms with van der Waals surface area (Å²) in [6, 6.07) is 16.4. The lowest BCUT2D eigenvalue weighted by Crippen LogP contribution is -2.18. The minimum absolute atomic E-state index is 0.0130. The molecule has 0 saturated heterocycles. The molecule has 1 heterocycles. The van der Waals surface area contributed by atoms with Gasteiger partial charge in [-0.15, -0.1) is 0 Å². The van der Waals surface area contributed by atoms with Gasteiger partial charge in [0.15, 0.2) is 0 Å². The Bertz CT molecular complexity index is 1080. The number of hydrogen-bond acceptors (Lipinski definition) is 4. The summed E-state index contributed by atoms with van der Waals surface area (Å²) in [5.74, 6) is -0.115. The van der Waals surface area contributed by atoms with Crippen LogP contribution in [0.1, 0.15) is 58.3 Å². The molecule has 0 aliphatic rings. The number of aryl methyl sites for hydroxylation is 2. The third kappa shape index (κ3) is 5.29.